The summed E-state index contributed by atoms with van der Waals surface area (Å²) < 4.78 is 1.63. The molecule has 0 aliphatic carbocycles. The molecule has 1 amide bonds. The minimum atomic E-state index is -0.0298. The molecule has 1 aromatic heterocycles. The molecule has 0 saturated carbocycles. The zero-order valence-electron chi connectivity index (χ0n) is 9.98. The van der Waals surface area contributed by atoms with Crippen LogP contribution in [-0.4, -0.2) is 39.1 Å². The predicted molar refractivity (Wildman–Crippen MR) is 60.2 cm³/mol. The number of hydrogen-bond donors (Lipinski definition) is 0. The van der Waals surface area contributed by atoms with Gasteiger partial charge in [0.2, 0.25) is 0 Å². The molecule has 0 bridgehead atoms. The average molecular weight is 208 g/mol. The van der Waals surface area contributed by atoms with E-state index in [1.807, 2.05) is 38.1 Å². The Labute approximate surface area is 90.7 Å². The Morgan fingerprint density at radius 3 is 2.27 bits per heavy atom. The van der Waals surface area contributed by atoms with Crippen LogP contribution in [0.4, 0.5) is 10.5 Å². The second-order valence-electron chi connectivity index (χ2n) is 3.97. The van der Waals surface area contributed by atoms with Gasteiger partial charge in [-0.1, -0.05) is 0 Å². The van der Waals surface area contributed by atoms with Crippen LogP contribution < -0.4 is 9.47 Å². The normalized spacial score (nSPS) is 9.93. The molecule has 0 radical (unpaired) electrons. The van der Waals surface area contributed by atoms with Crippen LogP contribution in [0.25, 0.3) is 0 Å². The molecule has 0 aromatic carbocycles. The van der Waals surface area contributed by atoms with Gasteiger partial charge in [-0.25, -0.2) is 4.90 Å². The standard InChI is InChI=1S/C11H18N3O/c1-9-8-10(12(2)3)6-7-14(9)11(15)13(4)5/h6-8H,1-5H3/q+1. The number of aromatic nitrogens is 1. The Morgan fingerprint density at radius 1 is 1.27 bits per heavy atom. The summed E-state index contributed by atoms with van der Waals surface area (Å²) in [5.41, 5.74) is 2.02. The van der Waals surface area contributed by atoms with Gasteiger partial charge in [0.05, 0.1) is 14.1 Å². The van der Waals surface area contributed by atoms with Gasteiger partial charge >= 0.3 is 6.03 Å². The molecule has 15 heavy (non-hydrogen) atoms. The molecular weight excluding hydrogens is 190 g/mol. The number of rotatable bonds is 1. The van der Waals surface area contributed by atoms with Gasteiger partial charge in [0, 0.05) is 31.9 Å². The fourth-order valence-electron chi connectivity index (χ4n) is 1.31. The first-order chi connectivity index (χ1) is 6.93. The van der Waals surface area contributed by atoms with E-state index in [9.17, 15) is 4.79 Å². The van der Waals surface area contributed by atoms with Crippen LogP contribution in [0.15, 0.2) is 18.3 Å². The number of hydrogen-bond acceptors (Lipinski definition) is 2. The van der Waals surface area contributed by atoms with Crippen molar-refractivity contribution in [3.8, 4) is 0 Å². The average Bonchev–Trinajstić information content (AvgIpc) is 2.16. The maximum Gasteiger partial charge on any atom is 0.497 e. The van der Waals surface area contributed by atoms with Crippen LogP contribution in [0.2, 0.25) is 0 Å². The molecule has 4 heteroatoms. The molecule has 0 N–H and O–H groups in total. The lowest BCUT2D eigenvalue weighted by Crippen LogP contribution is -2.51. The number of carbonyl (C=O) groups excluding carboxylic acids is 1. The third kappa shape index (κ3) is 2.46. The molecular formula is C11H18N3O+. The van der Waals surface area contributed by atoms with E-state index < -0.39 is 0 Å². The highest BCUT2D eigenvalue weighted by atomic mass is 16.2. The highest BCUT2D eigenvalue weighted by Crippen LogP contribution is 2.09. The highest BCUT2D eigenvalue weighted by molar-refractivity contribution is 5.64. The minimum absolute atomic E-state index is 0.0298. The van der Waals surface area contributed by atoms with Gasteiger partial charge in [0.1, 0.15) is 11.9 Å². The largest absolute Gasteiger partial charge is 0.497 e. The molecule has 0 spiro atoms. The lowest BCUT2D eigenvalue weighted by molar-refractivity contribution is -0.584. The van der Waals surface area contributed by atoms with Crippen molar-refractivity contribution in [3.05, 3.63) is 24.0 Å². The molecule has 0 saturated heterocycles. The molecule has 1 aromatic rings. The van der Waals surface area contributed by atoms with Crippen molar-refractivity contribution in [2.24, 2.45) is 0 Å². The summed E-state index contributed by atoms with van der Waals surface area (Å²) in [7, 11) is 7.45. The van der Waals surface area contributed by atoms with E-state index in [0.29, 0.717) is 0 Å². The fraction of sp³-hybridized carbons (Fsp3) is 0.455. The predicted octanol–water partition coefficient (Wildman–Crippen LogP) is 0.878. The molecule has 0 aliphatic heterocycles. The van der Waals surface area contributed by atoms with E-state index in [2.05, 4.69) is 0 Å². The summed E-state index contributed by atoms with van der Waals surface area (Å²) in [6, 6.07) is 3.88. The Morgan fingerprint density at radius 2 is 1.87 bits per heavy atom. The Hall–Kier alpha value is -1.58. The fourth-order valence-corrected chi connectivity index (χ4v) is 1.31. The second-order valence-corrected chi connectivity index (χ2v) is 3.97. The first kappa shape index (κ1) is 11.5. The lowest BCUT2D eigenvalue weighted by Gasteiger charge is -2.13. The number of anilines is 1. The molecule has 0 fully saturated rings. The van der Waals surface area contributed by atoms with E-state index in [1.165, 1.54) is 0 Å². The van der Waals surface area contributed by atoms with Crippen LogP contribution in [0.5, 0.6) is 0 Å². The summed E-state index contributed by atoms with van der Waals surface area (Å²) in [5.74, 6) is 0. The van der Waals surface area contributed by atoms with Crippen molar-refractivity contribution in [3.63, 3.8) is 0 Å². The van der Waals surface area contributed by atoms with Crippen molar-refractivity contribution in [1.29, 1.82) is 0 Å². The third-order valence-electron chi connectivity index (χ3n) is 2.24. The van der Waals surface area contributed by atoms with E-state index in [1.54, 1.807) is 29.8 Å². The first-order valence-electron chi connectivity index (χ1n) is 4.84. The molecule has 0 aliphatic rings. The maximum atomic E-state index is 11.7. The van der Waals surface area contributed by atoms with Crippen molar-refractivity contribution in [2.75, 3.05) is 33.1 Å². The van der Waals surface area contributed by atoms with Crippen molar-refractivity contribution >= 4 is 11.7 Å². The number of nitrogens with zero attached hydrogens (tertiary/aromatic N) is 3. The van der Waals surface area contributed by atoms with E-state index in [-0.39, 0.29) is 6.03 Å². The number of amides is 1. The zero-order valence-corrected chi connectivity index (χ0v) is 9.98. The van der Waals surface area contributed by atoms with E-state index >= 15 is 0 Å². The molecule has 0 atom stereocenters. The number of aryl methyl sites for hydroxylation is 1. The zero-order chi connectivity index (χ0) is 11.6. The quantitative estimate of drug-likeness (QED) is 0.641. The molecule has 1 rings (SSSR count). The van der Waals surface area contributed by atoms with Gasteiger partial charge < -0.3 is 4.90 Å². The monoisotopic (exact) mass is 208 g/mol. The molecule has 4 nitrogen and oxygen atoms in total. The van der Waals surface area contributed by atoms with Crippen LogP contribution in [0.3, 0.4) is 0 Å². The molecule has 0 unspecified atom stereocenters. The smallest absolute Gasteiger partial charge is 0.377 e. The molecule has 1 heterocycles. The van der Waals surface area contributed by atoms with E-state index in [0.717, 1.165) is 11.4 Å². The Bertz CT molecular complexity index is 372. The van der Waals surface area contributed by atoms with Gasteiger partial charge in [0.15, 0.2) is 0 Å². The van der Waals surface area contributed by atoms with Crippen LogP contribution >= 0.6 is 0 Å². The van der Waals surface area contributed by atoms with Gasteiger partial charge in [-0.15, -0.1) is 0 Å². The van der Waals surface area contributed by atoms with Gasteiger partial charge in [-0.3, -0.25) is 0 Å². The summed E-state index contributed by atoms with van der Waals surface area (Å²) in [6.45, 7) is 1.92. The number of pyridine rings is 1. The van der Waals surface area contributed by atoms with Crippen molar-refractivity contribution in [1.82, 2.24) is 4.90 Å². The van der Waals surface area contributed by atoms with Crippen LogP contribution in [0.1, 0.15) is 5.69 Å². The van der Waals surface area contributed by atoms with Crippen LogP contribution in [0, 0.1) is 6.92 Å². The van der Waals surface area contributed by atoms with Gasteiger partial charge in [-0.2, -0.15) is 9.36 Å². The summed E-state index contributed by atoms with van der Waals surface area (Å²) >= 11 is 0. The lowest BCUT2D eigenvalue weighted by atomic mass is 10.3. The van der Waals surface area contributed by atoms with Crippen molar-refractivity contribution in [2.45, 2.75) is 6.92 Å². The van der Waals surface area contributed by atoms with Crippen molar-refractivity contribution < 1.29 is 9.36 Å². The highest BCUT2D eigenvalue weighted by Gasteiger charge is 2.18. The SMILES string of the molecule is Cc1cc(N(C)C)cc[n+]1C(=O)N(C)C. The first-order valence-corrected chi connectivity index (χ1v) is 4.84. The van der Waals surface area contributed by atoms with Gasteiger partial charge in [0.25, 0.3) is 0 Å². The molecule has 82 valence electrons. The second kappa shape index (κ2) is 4.29. The van der Waals surface area contributed by atoms with E-state index in [4.69, 9.17) is 0 Å². The number of carbonyl (C=O) groups is 1. The maximum absolute atomic E-state index is 11.7. The summed E-state index contributed by atoms with van der Waals surface area (Å²) in [6.07, 6.45) is 1.80. The summed E-state index contributed by atoms with van der Waals surface area (Å²) in [5, 5.41) is 0. The third-order valence-corrected chi connectivity index (χ3v) is 2.24. The Kier molecular flexibility index (Phi) is 3.29. The summed E-state index contributed by atoms with van der Waals surface area (Å²) in [4.78, 5) is 15.3. The van der Waals surface area contributed by atoms with Crippen LogP contribution in [-0.2, 0) is 0 Å². The van der Waals surface area contributed by atoms with Gasteiger partial charge in [-0.05, 0) is 6.92 Å². The Balaban J connectivity index is 3.08. The minimum Gasteiger partial charge on any atom is -0.377 e. The topological polar surface area (TPSA) is 27.4 Å².